The molecule has 0 saturated carbocycles. The van der Waals surface area contributed by atoms with E-state index < -0.39 is 0 Å². The molecular weight excluding hydrogens is 488 g/mol. The average Bonchev–Trinajstić information content (AvgIpc) is 3.12. The number of hydrogen-bond donors (Lipinski definition) is 2. The molecule has 1 aliphatic heterocycles. The molecule has 1 aromatic carbocycles. The van der Waals surface area contributed by atoms with Gasteiger partial charge in [-0.25, -0.2) is 14.4 Å². The second-order valence-corrected chi connectivity index (χ2v) is 6.60. The van der Waals surface area contributed by atoms with Gasteiger partial charge in [0.05, 0.1) is 19.3 Å². The number of aryl methyl sites for hydroxylation is 1. The van der Waals surface area contributed by atoms with Gasteiger partial charge >= 0.3 is 0 Å². The molecular formula is C19H29FIN7O. The molecule has 3 rings (SSSR count). The molecule has 0 radical (unpaired) electrons. The Bertz CT molecular complexity index is 779. The predicted molar refractivity (Wildman–Crippen MR) is 121 cm³/mol. The summed E-state index contributed by atoms with van der Waals surface area (Å²) in [5, 5.41) is 10.7. The fraction of sp³-hybridized carbons (Fsp3) is 0.526. The Morgan fingerprint density at radius 2 is 2.10 bits per heavy atom. The van der Waals surface area contributed by atoms with E-state index >= 15 is 0 Å². The number of guanidine groups is 1. The van der Waals surface area contributed by atoms with E-state index in [0.29, 0.717) is 32.3 Å². The number of rotatable bonds is 7. The molecule has 160 valence electrons. The maximum absolute atomic E-state index is 13.8. The normalized spacial score (nSPS) is 16.2. The van der Waals surface area contributed by atoms with E-state index in [2.05, 4.69) is 30.6 Å². The molecule has 1 atom stereocenters. The van der Waals surface area contributed by atoms with Crippen LogP contribution in [0.1, 0.15) is 24.4 Å². The zero-order valence-corrected chi connectivity index (χ0v) is 19.2. The molecule has 1 aliphatic rings. The smallest absolute Gasteiger partial charge is 0.191 e. The van der Waals surface area contributed by atoms with E-state index in [1.54, 1.807) is 16.8 Å². The second-order valence-electron chi connectivity index (χ2n) is 6.60. The van der Waals surface area contributed by atoms with Gasteiger partial charge in [0.15, 0.2) is 5.96 Å². The third-order valence-corrected chi connectivity index (χ3v) is 4.71. The summed E-state index contributed by atoms with van der Waals surface area (Å²) in [7, 11) is 1.84. The van der Waals surface area contributed by atoms with Gasteiger partial charge in [0, 0.05) is 33.2 Å². The summed E-state index contributed by atoms with van der Waals surface area (Å²) in [6.45, 7) is 6.80. The van der Waals surface area contributed by atoms with Crippen LogP contribution in [0.4, 0.5) is 4.39 Å². The van der Waals surface area contributed by atoms with Crippen LogP contribution in [-0.2, 0) is 18.3 Å². The van der Waals surface area contributed by atoms with E-state index in [1.165, 1.54) is 12.4 Å². The molecule has 1 aromatic heterocycles. The Morgan fingerprint density at radius 1 is 1.31 bits per heavy atom. The monoisotopic (exact) mass is 517 g/mol. The number of benzene rings is 1. The van der Waals surface area contributed by atoms with Crippen molar-refractivity contribution in [3.63, 3.8) is 0 Å². The van der Waals surface area contributed by atoms with Crippen LogP contribution < -0.4 is 10.6 Å². The number of nitrogens with one attached hydrogen (secondary N) is 2. The predicted octanol–water partition coefficient (Wildman–Crippen LogP) is 1.70. The number of ether oxygens (including phenoxy) is 1. The van der Waals surface area contributed by atoms with Crippen LogP contribution in [-0.4, -0.2) is 65.0 Å². The largest absolute Gasteiger partial charge is 0.379 e. The first kappa shape index (κ1) is 23.5. The average molecular weight is 517 g/mol. The highest BCUT2D eigenvalue weighted by Gasteiger charge is 2.23. The Labute approximate surface area is 188 Å². The quantitative estimate of drug-likeness (QED) is 0.331. The molecule has 29 heavy (non-hydrogen) atoms. The molecule has 1 saturated heterocycles. The van der Waals surface area contributed by atoms with Gasteiger partial charge in [0.25, 0.3) is 0 Å². The van der Waals surface area contributed by atoms with Crippen molar-refractivity contribution < 1.29 is 9.13 Å². The molecule has 0 bridgehead atoms. The molecule has 8 nitrogen and oxygen atoms in total. The van der Waals surface area contributed by atoms with Crippen LogP contribution >= 0.6 is 24.0 Å². The zero-order chi connectivity index (χ0) is 19.8. The molecule has 1 fully saturated rings. The zero-order valence-electron chi connectivity index (χ0n) is 16.8. The first-order valence-electron chi connectivity index (χ1n) is 9.59. The van der Waals surface area contributed by atoms with Gasteiger partial charge < -0.3 is 15.4 Å². The van der Waals surface area contributed by atoms with Crippen molar-refractivity contribution in [2.24, 2.45) is 12.0 Å². The lowest BCUT2D eigenvalue weighted by molar-refractivity contribution is 0.0169. The fourth-order valence-corrected chi connectivity index (χ4v) is 3.21. The van der Waals surface area contributed by atoms with Crippen LogP contribution in [0.15, 0.2) is 35.6 Å². The number of halogens is 2. The molecule has 10 heteroatoms. The van der Waals surface area contributed by atoms with Crippen LogP contribution in [0.3, 0.4) is 0 Å². The molecule has 1 unspecified atom stereocenters. The van der Waals surface area contributed by atoms with Crippen molar-refractivity contribution in [2.75, 3.05) is 39.4 Å². The van der Waals surface area contributed by atoms with Crippen molar-refractivity contribution in [2.45, 2.75) is 19.5 Å². The molecule has 2 aromatic rings. The van der Waals surface area contributed by atoms with E-state index in [4.69, 9.17) is 4.74 Å². The van der Waals surface area contributed by atoms with Gasteiger partial charge in [-0.15, -0.1) is 24.0 Å². The van der Waals surface area contributed by atoms with Crippen molar-refractivity contribution in [3.8, 4) is 0 Å². The summed E-state index contributed by atoms with van der Waals surface area (Å²) in [6.07, 6.45) is 1.52. The van der Waals surface area contributed by atoms with Gasteiger partial charge in [-0.1, -0.05) is 12.1 Å². The summed E-state index contributed by atoms with van der Waals surface area (Å²) in [4.78, 5) is 11.1. The maximum Gasteiger partial charge on any atom is 0.191 e. The number of aliphatic imine (C=N–C) groups is 1. The van der Waals surface area contributed by atoms with Gasteiger partial charge in [-0.05, 0) is 24.6 Å². The van der Waals surface area contributed by atoms with Crippen LogP contribution in [0.5, 0.6) is 0 Å². The maximum atomic E-state index is 13.8. The van der Waals surface area contributed by atoms with E-state index in [0.717, 1.165) is 31.0 Å². The van der Waals surface area contributed by atoms with Crippen LogP contribution in [0, 0.1) is 5.82 Å². The van der Waals surface area contributed by atoms with Gasteiger partial charge in [-0.2, -0.15) is 5.10 Å². The summed E-state index contributed by atoms with van der Waals surface area (Å²) in [5.74, 6) is 1.26. The third-order valence-electron chi connectivity index (χ3n) is 4.71. The first-order valence-corrected chi connectivity index (χ1v) is 9.59. The number of aromatic nitrogens is 3. The van der Waals surface area contributed by atoms with E-state index in [-0.39, 0.29) is 35.8 Å². The molecule has 0 aliphatic carbocycles. The summed E-state index contributed by atoms with van der Waals surface area (Å²) in [6, 6.07) is 6.82. The Morgan fingerprint density at radius 3 is 2.76 bits per heavy atom. The Hall–Kier alpha value is -1.79. The standard InChI is InChI=1S/C19H28FN7O.HI/c1-3-21-19(23-13-18-24-14-25-26(18)2)22-12-17(27-7-9-28-10-8-27)15-5-4-6-16(20)11-15;/h4-6,11,14,17H,3,7-10,12-13H2,1-2H3,(H2,21,22,23);1H. The van der Waals surface area contributed by atoms with Gasteiger partial charge in [0.2, 0.25) is 0 Å². The second kappa shape index (κ2) is 12.0. The topological polar surface area (TPSA) is 79.6 Å². The summed E-state index contributed by atoms with van der Waals surface area (Å²) in [5.41, 5.74) is 0.943. The van der Waals surface area contributed by atoms with Crippen LogP contribution in [0.25, 0.3) is 0 Å². The van der Waals surface area contributed by atoms with Crippen molar-refractivity contribution in [1.82, 2.24) is 30.3 Å². The highest BCUT2D eigenvalue weighted by atomic mass is 127. The van der Waals surface area contributed by atoms with Crippen molar-refractivity contribution in [3.05, 3.63) is 47.8 Å². The highest BCUT2D eigenvalue weighted by molar-refractivity contribution is 14.0. The van der Waals surface area contributed by atoms with E-state index in [1.807, 2.05) is 20.0 Å². The minimum Gasteiger partial charge on any atom is -0.379 e. The Balaban J connectivity index is 0.00000300. The summed E-state index contributed by atoms with van der Waals surface area (Å²) >= 11 is 0. The van der Waals surface area contributed by atoms with Gasteiger partial charge in [-0.3, -0.25) is 9.58 Å². The first-order chi connectivity index (χ1) is 13.7. The lowest BCUT2D eigenvalue weighted by atomic mass is 10.0. The third kappa shape index (κ3) is 6.89. The molecule has 0 amide bonds. The SMILES string of the molecule is CCNC(=NCc1ncnn1C)NCC(c1cccc(F)c1)N1CCOCC1.I. The number of hydrogen-bond acceptors (Lipinski definition) is 5. The molecule has 0 spiro atoms. The minimum atomic E-state index is -0.224. The lowest BCUT2D eigenvalue weighted by Gasteiger charge is -2.35. The van der Waals surface area contributed by atoms with Crippen molar-refractivity contribution in [1.29, 1.82) is 0 Å². The van der Waals surface area contributed by atoms with Crippen molar-refractivity contribution >= 4 is 29.9 Å². The number of nitrogens with zero attached hydrogens (tertiary/aromatic N) is 5. The number of morpholine rings is 1. The minimum absolute atomic E-state index is 0. The molecule has 2 heterocycles. The fourth-order valence-electron chi connectivity index (χ4n) is 3.21. The van der Waals surface area contributed by atoms with E-state index in [9.17, 15) is 4.39 Å². The highest BCUT2D eigenvalue weighted by Crippen LogP contribution is 2.22. The lowest BCUT2D eigenvalue weighted by Crippen LogP contribution is -2.46. The summed E-state index contributed by atoms with van der Waals surface area (Å²) < 4.78 is 21.0. The Kier molecular flexibility index (Phi) is 9.74. The van der Waals surface area contributed by atoms with Gasteiger partial charge in [0.1, 0.15) is 24.5 Å². The molecule has 2 N–H and O–H groups in total. The van der Waals surface area contributed by atoms with Crippen LogP contribution in [0.2, 0.25) is 0 Å².